The van der Waals surface area contributed by atoms with Gasteiger partial charge >= 0.3 is 5.97 Å². The molecule has 0 amide bonds. The smallest absolute Gasteiger partial charge is 0.313 e. The fraction of sp³-hybridized carbons (Fsp3) is 0.700. The molecule has 1 aromatic heterocycles. The maximum Gasteiger partial charge on any atom is 0.313 e. The van der Waals surface area contributed by atoms with Crippen LogP contribution in [0.5, 0.6) is 0 Å². The topological polar surface area (TPSA) is 88.2 Å². The summed E-state index contributed by atoms with van der Waals surface area (Å²) in [5.74, 6) is 2.95. The van der Waals surface area contributed by atoms with E-state index in [1.165, 1.54) is 5.75 Å². The summed E-state index contributed by atoms with van der Waals surface area (Å²) in [4.78, 5) is 10.6. The van der Waals surface area contributed by atoms with Crippen LogP contribution >= 0.6 is 35.3 Å². The zero-order chi connectivity index (χ0) is 13.7. The van der Waals surface area contributed by atoms with Gasteiger partial charge < -0.3 is 14.8 Å². The summed E-state index contributed by atoms with van der Waals surface area (Å²) < 4.78 is 1.84. The Balaban J connectivity index is 2.06. The predicted octanol–water partition coefficient (Wildman–Crippen LogP) is 0.796. The molecular weight excluding hydrogens is 306 g/mol. The highest BCUT2D eigenvalue weighted by Crippen LogP contribution is 2.27. The monoisotopic (exact) mass is 321 g/mol. The Morgan fingerprint density at radius 1 is 1.47 bits per heavy atom. The van der Waals surface area contributed by atoms with E-state index in [1.54, 1.807) is 0 Å². The summed E-state index contributed by atoms with van der Waals surface area (Å²) in [5, 5.41) is 26.9. The molecule has 0 spiro atoms. The summed E-state index contributed by atoms with van der Waals surface area (Å²) >= 11 is 4.98. The first-order valence-electron chi connectivity index (χ1n) is 5.77. The van der Waals surface area contributed by atoms with Gasteiger partial charge in [0.2, 0.25) is 0 Å². The standard InChI is InChI=1S/C10H15N3O3S3/c14-4-8-11-12-10(19-6-9(15)16)13(8)3-7-5-17-1-2-18-7/h7,14H,1-6H2,(H,15,16). The number of thioether (sulfide) groups is 3. The van der Waals surface area contributed by atoms with Crippen molar-refractivity contribution in [1.29, 1.82) is 0 Å². The van der Waals surface area contributed by atoms with Crippen molar-refractivity contribution in [3.63, 3.8) is 0 Å². The third kappa shape index (κ3) is 4.30. The van der Waals surface area contributed by atoms with Gasteiger partial charge in [0.15, 0.2) is 11.0 Å². The molecule has 19 heavy (non-hydrogen) atoms. The van der Waals surface area contributed by atoms with E-state index in [0.29, 0.717) is 16.2 Å². The van der Waals surface area contributed by atoms with Crippen molar-refractivity contribution < 1.29 is 15.0 Å². The summed E-state index contributed by atoms with van der Waals surface area (Å²) in [5.41, 5.74) is 0. The van der Waals surface area contributed by atoms with Crippen LogP contribution < -0.4 is 0 Å². The Bertz CT molecular complexity index is 435. The molecule has 1 unspecified atom stereocenters. The number of hydrogen-bond acceptors (Lipinski definition) is 7. The minimum Gasteiger partial charge on any atom is -0.481 e. The average Bonchev–Trinajstić information content (AvgIpc) is 2.80. The lowest BCUT2D eigenvalue weighted by Gasteiger charge is -2.22. The third-order valence-corrected chi connectivity index (χ3v) is 6.31. The summed E-state index contributed by atoms with van der Waals surface area (Å²) in [6.45, 7) is 0.549. The fourth-order valence-electron chi connectivity index (χ4n) is 1.70. The zero-order valence-corrected chi connectivity index (χ0v) is 12.6. The molecule has 0 aromatic carbocycles. The van der Waals surface area contributed by atoms with Crippen molar-refractivity contribution in [2.24, 2.45) is 0 Å². The summed E-state index contributed by atoms with van der Waals surface area (Å²) in [7, 11) is 0. The largest absolute Gasteiger partial charge is 0.481 e. The first-order chi connectivity index (χ1) is 9.20. The lowest BCUT2D eigenvalue weighted by molar-refractivity contribution is -0.133. The van der Waals surface area contributed by atoms with Gasteiger partial charge in [0.05, 0.1) is 5.75 Å². The highest BCUT2D eigenvalue weighted by atomic mass is 32.2. The molecule has 1 fully saturated rings. The molecule has 1 saturated heterocycles. The second-order valence-corrected chi connectivity index (χ2v) is 7.42. The van der Waals surface area contributed by atoms with Crippen LogP contribution in [0.2, 0.25) is 0 Å². The molecule has 6 nitrogen and oxygen atoms in total. The molecule has 0 radical (unpaired) electrons. The van der Waals surface area contributed by atoms with Crippen molar-refractivity contribution in [3.8, 4) is 0 Å². The number of aliphatic hydroxyl groups excluding tert-OH is 1. The van der Waals surface area contributed by atoms with Crippen LogP contribution in [0.3, 0.4) is 0 Å². The number of hydrogen-bond donors (Lipinski definition) is 2. The van der Waals surface area contributed by atoms with Crippen LogP contribution in [-0.2, 0) is 17.9 Å². The highest BCUT2D eigenvalue weighted by molar-refractivity contribution is 8.06. The molecule has 9 heteroatoms. The van der Waals surface area contributed by atoms with Crippen molar-refractivity contribution in [2.75, 3.05) is 23.0 Å². The maximum absolute atomic E-state index is 10.6. The third-order valence-electron chi connectivity index (χ3n) is 2.53. The molecule has 1 aromatic rings. The molecule has 0 bridgehead atoms. The number of aromatic nitrogens is 3. The Labute approximate surface area is 123 Å². The number of carboxylic acid groups (broad SMARTS) is 1. The number of rotatable bonds is 6. The molecule has 2 N–H and O–H groups in total. The minimum absolute atomic E-state index is 0.0455. The van der Waals surface area contributed by atoms with E-state index >= 15 is 0 Å². The molecule has 1 atom stereocenters. The first-order valence-corrected chi connectivity index (χ1v) is 8.96. The normalized spacial score (nSPS) is 19.5. The van der Waals surface area contributed by atoms with Gasteiger partial charge in [-0.3, -0.25) is 4.79 Å². The maximum atomic E-state index is 10.6. The summed E-state index contributed by atoms with van der Waals surface area (Å²) in [6.07, 6.45) is 0. The van der Waals surface area contributed by atoms with E-state index in [-0.39, 0.29) is 12.4 Å². The molecular formula is C10H15N3O3S3. The number of carboxylic acids is 1. The number of aliphatic hydroxyl groups is 1. The quantitative estimate of drug-likeness (QED) is 0.744. The van der Waals surface area contributed by atoms with Gasteiger partial charge in [-0.05, 0) is 0 Å². The predicted molar refractivity (Wildman–Crippen MR) is 77.9 cm³/mol. The van der Waals surface area contributed by atoms with E-state index in [0.717, 1.165) is 29.8 Å². The molecule has 2 heterocycles. The van der Waals surface area contributed by atoms with Crippen LogP contribution in [0.1, 0.15) is 5.82 Å². The molecule has 2 rings (SSSR count). The Morgan fingerprint density at radius 2 is 2.32 bits per heavy atom. The molecule has 0 aliphatic carbocycles. The first kappa shape index (κ1) is 15.0. The van der Waals surface area contributed by atoms with Gasteiger partial charge in [-0.2, -0.15) is 23.5 Å². The fourth-order valence-corrected chi connectivity index (χ4v) is 5.04. The van der Waals surface area contributed by atoms with Gasteiger partial charge in [-0.15, -0.1) is 10.2 Å². The van der Waals surface area contributed by atoms with E-state index in [4.69, 9.17) is 5.11 Å². The average molecular weight is 321 g/mol. The second-order valence-electron chi connectivity index (χ2n) is 3.92. The Morgan fingerprint density at radius 3 is 2.95 bits per heavy atom. The van der Waals surface area contributed by atoms with Gasteiger partial charge in [-0.1, -0.05) is 11.8 Å². The van der Waals surface area contributed by atoms with E-state index in [1.807, 2.05) is 28.1 Å². The lowest BCUT2D eigenvalue weighted by Crippen LogP contribution is -2.22. The van der Waals surface area contributed by atoms with Crippen LogP contribution in [0.25, 0.3) is 0 Å². The SMILES string of the molecule is O=C(O)CSc1nnc(CO)n1CC1CSCCS1. The van der Waals surface area contributed by atoms with Crippen molar-refractivity contribution in [1.82, 2.24) is 14.8 Å². The molecule has 1 aliphatic rings. The van der Waals surface area contributed by atoms with Gasteiger partial charge in [0.1, 0.15) is 6.61 Å². The second kappa shape index (κ2) is 7.41. The van der Waals surface area contributed by atoms with E-state index < -0.39 is 5.97 Å². The zero-order valence-electron chi connectivity index (χ0n) is 10.2. The van der Waals surface area contributed by atoms with Crippen molar-refractivity contribution in [2.45, 2.75) is 23.6 Å². The van der Waals surface area contributed by atoms with Gasteiger partial charge in [0, 0.05) is 29.1 Å². The highest BCUT2D eigenvalue weighted by Gasteiger charge is 2.20. The van der Waals surface area contributed by atoms with Crippen LogP contribution in [0.4, 0.5) is 0 Å². The van der Waals surface area contributed by atoms with Gasteiger partial charge in [0.25, 0.3) is 0 Å². The van der Waals surface area contributed by atoms with Crippen molar-refractivity contribution in [3.05, 3.63) is 5.82 Å². The summed E-state index contributed by atoms with van der Waals surface area (Å²) in [6, 6.07) is 0. The molecule has 0 saturated carbocycles. The van der Waals surface area contributed by atoms with E-state index in [2.05, 4.69) is 10.2 Å². The molecule has 106 valence electrons. The van der Waals surface area contributed by atoms with Gasteiger partial charge in [-0.25, -0.2) is 0 Å². The molecule has 1 aliphatic heterocycles. The van der Waals surface area contributed by atoms with Crippen LogP contribution in [0.15, 0.2) is 5.16 Å². The minimum atomic E-state index is -0.882. The number of carbonyl (C=O) groups is 1. The lowest BCUT2D eigenvalue weighted by atomic mass is 10.4. The Kier molecular flexibility index (Phi) is 5.86. The number of aliphatic carboxylic acids is 1. The Hall–Kier alpha value is -0.380. The van der Waals surface area contributed by atoms with Crippen molar-refractivity contribution >= 4 is 41.3 Å². The van der Waals surface area contributed by atoms with E-state index in [9.17, 15) is 9.90 Å². The number of nitrogens with zero attached hydrogens (tertiary/aromatic N) is 3. The van der Waals surface area contributed by atoms with Crippen LogP contribution in [-0.4, -0.2) is 59.2 Å². The van der Waals surface area contributed by atoms with Crippen LogP contribution in [0, 0.1) is 0 Å².